The van der Waals surface area contributed by atoms with Crippen LogP contribution in [-0.4, -0.2) is 12.5 Å². The van der Waals surface area contributed by atoms with Crippen molar-refractivity contribution in [3.05, 3.63) is 59.9 Å². The third-order valence-electron chi connectivity index (χ3n) is 2.40. The predicted octanol–water partition coefficient (Wildman–Crippen LogP) is 3.12. The van der Waals surface area contributed by atoms with Gasteiger partial charge in [-0.1, -0.05) is 12.1 Å². The highest BCUT2D eigenvalue weighted by molar-refractivity contribution is 5.91. The van der Waals surface area contributed by atoms with E-state index in [2.05, 4.69) is 5.32 Å². The maximum atomic E-state index is 13.3. The molecule has 0 radical (unpaired) electrons. The van der Waals surface area contributed by atoms with Crippen LogP contribution < -0.4 is 10.1 Å². The number of nitrogens with one attached hydrogen (secondary N) is 1. The van der Waals surface area contributed by atoms with Gasteiger partial charge in [0.1, 0.15) is 11.6 Å². The lowest BCUT2D eigenvalue weighted by Gasteiger charge is -2.08. The Morgan fingerprint density at radius 3 is 2.55 bits per heavy atom. The van der Waals surface area contributed by atoms with E-state index in [-0.39, 0.29) is 11.4 Å². The Labute approximate surface area is 113 Å². The topological polar surface area (TPSA) is 38.3 Å². The van der Waals surface area contributed by atoms with Gasteiger partial charge in [0, 0.05) is 6.07 Å². The number of anilines is 1. The molecule has 0 aliphatic heterocycles. The molecule has 0 bridgehead atoms. The van der Waals surface area contributed by atoms with E-state index in [4.69, 9.17) is 4.74 Å². The highest BCUT2D eigenvalue weighted by Gasteiger charge is 2.10. The molecule has 0 spiro atoms. The highest BCUT2D eigenvalue weighted by atomic mass is 19.1. The molecule has 0 fully saturated rings. The number of rotatable bonds is 4. The first-order chi connectivity index (χ1) is 9.56. The lowest BCUT2D eigenvalue weighted by molar-refractivity contribution is -0.118. The minimum Gasteiger partial charge on any atom is -0.481 e. The zero-order chi connectivity index (χ0) is 14.5. The van der Waals surface area contributed by atoms with Gasteiger partial charge in [0.15, 0.2) is 18.2 Å². The van der Waals surface area contributed by atoms with Gasteiger partial charge in [0.2, 0.25) is 0 Å². The second kappa shape index (κ2) is 6.10. The third kappa shape index (κ3) is 3.50. The smallest absolute Gasteiger partial charge is 0.262 e. The molecule has 2 rings (SSSR count). The van der Waals surface area contributed by atoms with Crippen molar-refractivity contribution in [1.29, 1.82) is 0 Å². The lowest BCUT2D eigenvalue weighted by Crippen LogP contribution is -2.21. The summed E-state index contributed by atoms with van der Waals surface area (Å²) in [7, 11) is 0. The van der Waals surface area contributed by atoms with Gasteiger partial charge in [0.25, 0.3) is 5.91 Å². The van der Waals surface area contributed by atoms with Gasteiger partial charge < -0.3 is 10.1 Å². The first kappa shape index (κ1) is 13.9. The van der Waals surface area contributed by atoms with Crippen LogP contribution in [0.1, 0.15) is 0 Å². The first-order valence-corrected chi connectivity index (χ1v) is 5.68. The fraction of sp³-hybridized carbons (Fsp3) is 0.0714. The molecule has 1 N–H and O–H groups in total. The molecule has 0 aliphatic carbocycles. The van der Waals surface area contributed by atoms with Crippen molar-refractivity contribution >= 4 is 11.6 Å². The Morgan fingerprint density at radius 2 is 1.80 bits per heavy atom. The highest BCUT2D eigenvalue weighted by Crippen LogP contribution is 2.17. The molecule has 0 unspecified atom stereocenters. The number of para-hydroxylation sites is 1. The van der Waals surface area contributed by atoms with Crippen molar-refractivity contribution in [2.45, 2.75) is 0 Å². The number of benzene rings is 2. The summed E-state index contributed by atoms with van der Waals surface area (Å²) in [6, 6.07) is 8.22. The molecular formula is C14H10F3NO2. The Kier molecular flexibility index (Phi) is 4.24. The average Bonchev–Trinajstić information content (AvgIpc) is 2.42. The molecular weight excluding hydrogens is 271 g/mol. The third-order valence-corrected chi connectivity index (χ3v) is 2.40. The zero-order valence-corrected chi connectivity index (χ0v) is 10.2. The van der Waals surface area contributed by atoms with Crippen LogP contribution in [0.4, 0.5) is 18.9 Å². The molecule has 0 saturated heterocycles. The molecule has 6 heteroatoms. The summed E-state index contributed by atoms with van der Waals surface area (Å²) in [4.78, 5) is 11.5. The number of carbonyl (C=O) groups excluding carboxylic acids is 1. The van der Waals surface area contributed by atoms with E-state index < -0.39 is 30.0 Å². The SMILES string of the molecule is O=C(COc1ccccc1F)Nc1cc(F)ccc1F. The monoisotopic (exact) mass is 281 g/mol. The van der Waals surface area contributed by atoms with Crippen LogP contribution in [0.2, 0.25) is 0 Å². The van der Waals surface area contributed by atoms with Crippen LogP contribution in [0.25, 0.3) is 0 Å². The van der Waals surface area contributed by atoms with Crippen molar-refractivity contribution in [1.82, 2.24) is 0 Å². The summed E-state index contributed by atoms with van der Waals surface area (Å²) in [5, 5.41) is 2.14. The van der Waals surface area contributed by atoms with Gasteiger partial charge in [-0.05, 0) is 24.3 Å². The Morgan fingerprint density at radius 1 is 1.05 bits per heavy atom. The second-order valence-electron chi connectivity index (χ2n) is 3.89. The standard InChI is InChI=1S/C14H10F3NO2/c15-9-5-6-10(16)12(7-9)18-14(19)8-20-13-4-2-1-3-11(13)17/h1-7H,8H2,(H,18,19). The summed E-state index contributed by atoms with van der Waals surface area (Å²) in [5.74, 6) is -2.89. The van der Waals surface area contributed by atoms with Crippen LogP contribution in [0.15, 0.2) is 42.5 Å². The number of carbonyl (C=O) groups is 1. The summed E-state index contributed by atoms with van der Waals surface area (Å²) < 4.78 is 44.3. The predicted molar refractivity (Wildman–Crippen MR) is 66.9 cm³/mol. The van der Waals surface area contributed by atoms with Crippen LogP contribution in [0, 0.1) is 17.5 Å². The van der Waals surface area contributed by atoms with Gasteiger partial charge in [-0.15, -0.1) is 0 Å². The molecule has 3 nitrogen and oxygen atoms in total. The molecule has 2 aromatic rings. The molecule has 0 aliphatic rings. The van der Waals surface area contributed by atoms with E-state index in [1.165, 1.54) is 18.2 Å². The van der Waals surface area contributed by atoms with E-state index in [1.807, 2.05) is 0 Å². The minimum atomic E-state index is -0.773. The summed E-state index contributed by atoms with van der Waals surface area (Å²) in [6.07, 6.45) is 0. The van der Waals surface area contributed by atoms with Crippen molar-refractivity contribution in [2.24, 2.45) is 0 Å². The maximum absolute atomic E-state index is 13.3. The molecule has 2 aromatic carbocycles. The normalized spacial score (nSPS) is 10.2. The molecule has 0 saturated carbocycles. The zero-order valence-electron chi connectivity index (χ0n) is 10.2. The molecule has 0 atom stereocenters. The number of hydrogen-bond donors (Lipinski definition) is 1. The molecule has 0 heterocycles. The summed E-state index contributed by atoms with van der Waals surface area (Å²) >= 11 is 0. The Hall–Kier alpha value is -2.50. The number of hydrogen-bond acceptors (Lipinski definition) is 2. The van der Waals surface area contributed by atoms with E-state index in [0.29, 0.717) is 0 Å². The second-order valence-corrected chi connectivity index (χ2v) is 3.89. The van der Waals surface area contributed by atoms with Crippen molar-refractivity contribution < 1.29 is 22.7 Å². The average molecular weight is 281 g/mol. The lowest BCUT2D eigenvalue weighted by atomic mass is 10.3. The van der Waals surface area contributed by atoms with Gasteiger partial charge >= 0.3 is 0 Å². The van der Waals surface area contributed by atoms with Crippen LogP contribution in [0.5, 0.6) is 5.75 Å². The first-order valence-electron chi connectivity index (χ1n) is 5.68. The number of amides is 1. The largest absolute Gasteiger partial charge is 0.481 e. The fourth-order valence-corrected chi connectivity index (χ4v) is 1.48. The number of halogens is 3. The van der Waals surface area contributed by atoms with Crippen LogP contribution in [0.3, 0.4) is 0 Å². The summed E-state index contributed by atoms with van der Waals surface area (Å²) in [6.45, 7) is -0.517. The number of ether oxygens (including phenoxy) is 1. The van der Waals surface area contributed by atoms with E-state index in [0.717, 1.165) is 18.2 Å². The van der Waals surface area contributed by atoms with E-state index >= 15 is 0 Å². The van der Waals surface area contributed by atoms with Gasteiger partial charge in [-0.2, -0.15) is 0 Å². The maximum Gasteiger partial charge on any atom is 0.262 e. The quantitative estimate of drug-likeness (QED) is 0.935. The molecule has 104 valence electrons. The van der Waals surface area contributed by atoms with Gasteiger partial charge in [-0.25, -0.2) is 13.2 Å². The van der Waals surface area contributed by atoms with Crippen molar-refractivity contribution in [2.75, 3.05) is 11.9 Å². The van der Waals surface area contributed by atoms with Crippen LogP contribution >= 0.6 is 0 Å². The van der Waals surface area contributed by atoms with E-state index in [9.17, 15) is 18.0 Å². The van der Waals surface area contributed by atoms with Crippen LogP contribution in [-0.2, 0) is 4.79 Å². The van der Waals surface area contributed by atoms with Gasteiger partial charge in [0.05, 0.1) is 5.69 Å². The Balaban J connectivity index is 1.96. The van der Waals surface area contributed by atoms with E-state index in [1.54, 1.807) is 6.07 Å². The molecule has 1 amide bonds. The minimum absolute atomic E-state index is 0.0950. The van der Waals surface area contributed by atoms with Crippen molar-refractivity contribution in [3.63, 3.8) is 0 Å². The fourth-order valence-electron chi connectivity index (χ4n) is 1.48. The molecule has 0 aromatic heterocycles. The molecule has 20 heavy (non-hydrogen) atoms. The van der Waals surface area contributed by atoms with Crippen molar-refractivity contribution in [3.8, 4) is 5.75 Å². The Bertz CT molecular complexity index is 632. The summed E-state index contributed by atoms with van der Waals surface area (Å²) in [5.41, 5.74) is -0.299. The van der Waals surface area contributed by atoms with Gasteiger partial charge in [-0.3, -0.25) is 4.79 Å².